The molecular weight excluding hydrogens is 272 g/mol. The van der Waals surface area contributed by atoms with Crippen LogP contribution >= 0.6 is 11.3 Å². The lowest BCUT2D eigenvalue weighted by atomic mass is 10.3. The van der Waals surface area contributed by atoms with Gasteiger partial charge in [-0.2, -0.15) is 5.10 Å². The number of sulfonamides is 1. The Morgan fingerprint density at radius 2 is 2.22 bits per heavy atom. The maximum Gasteiger partial charge on any atom is 0.241 e. The molecule has 2 aromatic heterocycles. The van der Waals surface area contributed by atoms with Crippen LogP contribution in [0.25, 0.3) is 0 Å². The summed E-state index contributed by atoms with van der Waals surface area (Å²) in [6.07, 6.45) is 1.50. The lowest BCUT2D eigenvalue weighted by Crippen LogP contribution is -2.23. The van der Waals surface area contributed by atoms with Crippen LogP contribution < -0.4 is 10.5 Å². The fourth-order valence-corrected chi connectivity index (χ4v) is 4.15. The van der Waals surface area contributed by atoms with Crippen molar-refractivity contribution in [3.8, 4) is 0 Å². The Morgan fingerprint density at radius 3 is 2.72 bits per heavy atom. The average molecular weight is 286 g/mol. The second kappa shape index (κ2) is 4.71. The average Bonchev–Trinajstić information content (AvgIpc) is 2.82. The molecule has 2 rings (SSSR count). The molecule has 0 spiro atoms. The van der Waals surface area contributed by atoms with Crippen LogP contribution in [0.1, 0.15) is 15.3 Å². The van der Waals surface area contributed by atoms with Crippen LogP contribution in [0.2, 0.25) is 0 Å². The van der Waals surface area contributed by atoms with E-state index in [1.54, 1.807) is 13.0 Å². The molecular formula is C10H14N4O2S2. The molecule has 6 nitrogen and oxygen atoms in total. The molecule has 2 aromatic rings. The van der Waals surface area contributed by atoms with Gasteiger partial charge in [0, 0.05) is 21.9 Å². The predicted octanol–water partition coefficient (Wildman–Crippen LogP) is 1.15. The molecule has 0 saturated heterocycles. The molecule has 0 unspecified atom stereocenters. The van der Waals surface area contributed by atoms with Crippen LogP contribution in [0, 0.1) is 13.8 Å². The minimum absolute atomic E-state index is 0.124. The largest absolute Gasteiger partial charge is 0.384 e. The Bertz CT molecular complexity index is 657. The minimum atomic E-state index is -3.50. The summed E-state index contributed by atoms with van der Waals surface area (Å²) in [5, 5.41) is 6.29. The number of thiophene rings is 1. The first kappa shape index (κ1) is 13.1. The number of H-pyrrole nitrogens is 1. The molecule has 8 heteroatoms. The van der Waals surface area contributed by atoms with Crippen LogP contribution in [0.3, 0.4) is 0 Å². The van der Waals surface area contributed by atoms with E-state index >= 15 is 0 Å². The molecule has 0 aromatic carbocycles. The van der Waals surface area contributed by atoms with E-state index in [2.05, 4.69) is 14.9 Å². The Balaban J connectivity index is 2.18. The first-order chi connectivity index (χ1) is 8.40. The number of aromatic amines is 1. The molecule has 0 aliphatic rings. The van der Waals surface area contributed by atoms with Crippen molar-refractivity contribution in [1.29, 1.82) is 0 Å². The van der Waals surface area contributed by atoms with Crippen molar-refractivity contribution in [3.05, 3.63) is 27.6 Å². The number of hydrogen-bond donors (Lipinski definition) is 3. The van der Waals surface area contributed by atoms with E-state index in [4.69, 9.17) is 5.73 Å². The second-order valence-electron chi connectivity index (χ2n) is 3.91. The summed E-state index contributed by atoms with van der Waals surface area (Å²) in [5.41, 5.74) is 6.22. The summed E-state index contributed by atoms with van der Waals surface area (Å²) >= 11 is 1.46. The highest BCUT2D eigenvalue weighted by atomic mass is 32.2. The van der Waals surface area contributed by atoms with Gasteiger partial charge in [0.15, 0.2) is 0 Å². The van der Waals surface area contributed by atoms with E-state index in [0.29, 0.717) is 16.3 Å². The summed E-state index contributed by atoms with van der Waals surface area (Å²) < 4.78 is 26.7. The SMILES string of the molecule is Cc1cc(S(=O)(=O)NCc2cn[nH]c2N)c(C)s1. The molecule has 0 fully saturated rings. The zero-order chi connectivity index (χ0) is 13.3. The summed E-state index contributed by atoms with van der Waals surface area (Å²) in [6, 6.07) is 1.67. The van der Waals surface area contributed by atoms with Gasteiger partial charge in [-0.3, -0.25) is 5.10 Å². The Morgan fingerprint density at radius 1 is 1.50 bits per heavy atom. The first-order valence-electron chi connectivity index (χ1n) is 5.24. The number of aromatic nitrogens is 2. The Hall–Kier alpha value is -1.38. The molecule has 0 atom stereocenters. The summed E-state index contributed by atoms with van der Waals surface area (Å²) in [7, 11) is -3.50. The smallest absolute Gasteiger partial charge is 0.241 e. The number of rotatable bonds is 4. The lowest BCUT2D eigenvalue weighted by molar-refractivity contribution is 0.581. The van der Waals surface area contributed by atoms with Gasteiger partial charge in [0.05, 0.1) is 11.1 Å². The van der Waals surface area contributed by atoms with Gasteiger partial charge < -0.3 is 5.73 Å². The number of nitrogens with one attached hydrogen (secondary N) is 2. The van der Waals surface area contributed by atoms with Crippen LogP contribution in [-0.2, 0) is 16.6 Å². The van der Waals surface area contributed by atoms with Crippen LogP contribution in [0.15, 0.2) is 17.2 Å². The van der Waals surface area contributed by atoms with Gasteiger partial charge in [0.1, 0.15) is 5.82 Å². The second-order valence-corrected chi connectivity index (χ2v) is 7.11. The Kier molecular flexibility index (Phi) is 3.42. The molecule has 0 radical (unpaired) electrons. The highest BCUT2D eigenvalue weighted by Crippen LogP contribution is 2.24. The molecule has 0 saturated carbocycles. The molecule has 0 aliphatic carbocycles. The van der Waals surface area contributed by atoms with Crippen LogP contribution in [0.5, 0.6) is 0 Å². The number of hydrogen-bond acceptors (Lipinski definition) is 5. The van der Waals surface area contributed by atoms with Gasteiger partial charge in [-0.15, -0.1) is 11.3 Å². The molecule has 0 bridgehead atoms. The number of nitrogen functional groups attached to an aromatic ring is 1. The highest BCUT2D eigenvalue weighted by Gasteiger charge is 2.19. The van der Waals surface area contributed by atoms with E-state index < -0.39 is 10.0 Å². The van der Waals surface area contributed by atoms with Crippen molar-refractivity contribution < 1.29 is 8.42 Å². The highest BCUT2D eigenvalue weighted by molar-refractivity contribution is 7.89. The minimum Gasteiger partial charge on any atom is -0.384 e. The topological polar surface area (TPSA) is 101 Å². The number of nitrogens with two attached hydrogens (primary N) is 1. The Labute approximate surface area is 109 Å². The number of aryl methyl sites for hydroxylation is 2. The van der Waals surface area contributed by atoms with Gasteiger partial charge >= 0.3 is 0 Å². The van der Waals surface area contributed by atoms with E-state index in [-0.39, 0.29) is 6.54 Å². The van der Waals surface area contributed by atoms with Gasteiger partial charge in [0.25, 0.3) is 0 Å². The third-order valence-electron chi connectivity index (χ3n) is 2.49. The maximum absolute atomic E-state index is 12.1. The number of nitrogens with zero attached hydrogens (tertiary/aromatic N) is 1. The van der Waals surface area contributed by atoms with Crippen molar-refractivity contribution >= 4 is 27.2 Å². The fourth-order valence-electron chi connectivity index (χ4n) is 1.59. The standard InChI is InChI=1S/C10H14N4O2S2/c1-6-3-9(7(2)17-6)18(15,16)13-5-8-4-12-14-10(8)11/h3-4,13H,5H2,1-2H3,(H3,11,12,14). The van der Waals surface area contributed by atoms with Gasteiger partial charge in [-0.25, -0.2) is 13.1 Å². The summed E-state index contributed by atoms with van der Waals surface area (Å²) in [4.78, 5) is 2.07. The van der Waals surface area contributed by atoms with Crippen molar-refractivity contribution in [2.24, 2.45) is 0 Å². The van der Waals surface area contributed by atoms with E-state index in [1.165, 1.54) is 17.5 Å². The van der Waals surface area contributed by atoms with Crippen molar-refractivity contribution in [1.82, 2.24) is 14.9 Å². The maximum atomic E-state index is 12.1. The van der Waals surface area contributed by atoms with E-state index in [1.807, 2.05) is 6.92 Å². The van der Waals surface area contributed by atoms with Crippen molar-refractivity contribution in [2.45, 2.75) is 25.3 Å². The summed E-state index contributed by atoms with van der Waals surface area (Å²) in [5.74, 6) is 0.371. The molecule has 98 valence electrons. The summed E-state index contributed by atoms with van der Waals surface area (Å²) in [6.45, 7) is 3.79. The molecule has 4 N–H and O–H groups in total. The predicted molar refractivity (Wildman–Crippen MR) is 70.8 cm³/mol. The zero-order valence-electron chi connectivity index (χ0n) is 10.0. The van der Waals surface area contributed by atoms with Gasteiger partial charge in [-0.05, 0) is 19.9 Å². The van der Waals surface area contributed by atoms with Crippen molar-refractivity contribution in [2.75, 3.05) is 5.73 Å². The van der Waals surface area contributed by atoms with Crippen LogP contribution in [-0.4, -0.2) is 18.6 Å². The van der Waals surface area contributed by atoms with Crippen molar-refractivity contribution in [3.63, 3.8) is 0 Å². The molecule has 18 heavy (non-hydrogen) atoms. The normalized spacial score (nSPS) is 11.9. The third kappa shape index (κ3) is 2.55. The van der Waals surface area contributed by atoms with E-state index in [9.17, 15) is 8.42 Å². The third-order valence-corrected chi connectivity index (χ3v) is 5.11. The monoisotopic (exact) mass is 286 g/mol. The van der Waals surface area contributed by atoms with Gasteiger partial charge in [0.2, 0.25) is 10.0 Å². The first-order valence-corrected chi connectivity index (χ1v) is 7.54. The van der Waals surface area contributed by atoms with E-state index in [0.717, 1.165) is 9.75 Å². The number of anilines is 1. The molecule has 0 aliphatic heterocycles. The zero-order valence-corrected chi connectivity index (χ0v) is 11.7. The fraction of sp³-hybridized carbons (Fsp3) is 0.300. The lowest BCUT2D eigenvalue weighted by Gasteiger charge is -2.05. The quantitative estimate of drug-likeness (QED) is 0.784. The van der Waals surface area contributed by atoms with Gasteiger partial charge in [-0.1, -0.05) is 0 Å². The molecule has 2 heterocycles. The van der Waals surface area contributed by atoms with Crippen LogP contribution in [0.4, 0.5) is 5.82 Å². The molecule has 0 amide bonds.